The van der Waals surface area contributed by atoms with Crippen LogP contribution in [0, 0.1) is 13.8 Å². The molecule has 0 atom stereocenters. The maximum Gasteiger partial charge on any atom is 0.309 e. The van der Waals surface area contributed by atoms with E-state index in [4.69, 9.17) is 10.1 Å². The number of thiazole rings is 1. The molecule has 4 nitrogen and oxygen atoms in total. The Kier molecular flexibility index (Phi) is 3.74. The molecule has 0 saturated heterocycles. The van der Waals surface area contributed by atoms with E-state index in [2.05, 4.69) is 39.0 Å². The molecule has 0 radical (unpaired) electrons. The monoisotopic (exact) mass is 314 g/mol. The summed E-state index contributed by atoms with van der Waals surface area (Å²) in [5.74, 6) is -0.816. The van der Waals surface area contributed by atoms with E-state index < -0.39 is 5.97 Å². The van der Waals surface area contributed by atoms with Gasteiger partial charge in [-0.3, -0.25) is 9.20 Å². The summed E-state index contributed by atoms with van der Waals surface area (Å²) in [7, 11) is 0. The molecule has 1 aromatic carbocycles. The molecular formula is C17H18N2O2S. The minimum atomic E-state index is -0.816. The summed E-state index contributed by atoms with van der Waals surface area (Å²) in [4.78, 5) is 16.6. The van der Waals surface area contributed by atoms with E-state index in [1.54, 1.807) is 0 Å². The van der Waals surface area contributed by atoms with Gasteiger partial charge in [0.15, 0.2) is 4.96 Å². The molecule has 3 aromatic rings. The number of carboxylic acid groups (broad SMARTS) is 1. The van der Waals surface area contributed by atoms with Gasteiger partial charge in [0, 0.05) is 16.6 Å². The van der Waals surface area contributed by atoms with Gasteiger partial charge in [-0.1, -0.05) is 19.1 Å². The summed E-state index contributed by atoms with van der Waals surface area (Å²) in [6, 6.07) is 6.35. The first-order chi connectivity index (χ1) is 10.5. The van der Waals surface area contributed by atoms with Gasteiger partial charge in [-0.2, -0.15) is 0 Å². The molecule has 0 amide bonds. The Morgan fingerprint density at radius 2 is 2.09 bits per heavy atom. The molecular weight excluding hydrogens is 296 g/mol. The first kappa shape index (κ1) is 14.8. The summed E-state index contributed by atoms with van der Waals surface area (Å²) >= 11 is 1.50. The summed E-state index contributed by atoms with van der Waals surface area (Å²) < 4.78 is 2.00. The maximum atomic E-state index is 11.0. The molecule has 3 rings (SSSR count). The van der Waals surface area contributed by atoms with E-state index in [1.165, 1.54) is 22.5 Å². The Balaban J connectivity index is 2.19. The zero-order valence-electron chi connectivity index (χ0n) is 12.9. The lowest BCUT2D eigenvalue weighted by Gasteiger charge is -2.06. The van der Waals surface area contributed by atoms with Crippen molar-refractivity contribution in [3.8, 4) is 11.3 Å². The van der Waals surface area contributed by atoms with Crippen molar-refractivity contribution in [3.05, 3.63) is 46.1 Å². The molecule has 1 N–H and O–H groups in total. The number of aliphatic carboxylic acids is 1. The van der Waals surface area contributed by atoms with Crippen LogP contribution in [0.5, 0.6) is 0 Å². The van der Waals surface area contributed by atoms with Crippen LogP contribution in [0.15, 0.2) is 23.6 Å². The van der Waals surface area contributed by atoms with E-state index in [9.17, 15) is 4.79 Å². The predicted molar refractivity (Wildman–Crippen MR) is 88.7 cm³/mol. The molecule has 22 heavy (non-hydrogen) atoms. The van der Waals surface area contributed by atoms with E-state index in [0.717, 1.165) is 34.0 Å². The number of imidazole rings is 1. The normalized spacial score (nSPS) is 11.2. The van der Waals surface area contributed by atoms with Crippen molar-refractivity contribution in [2.45, 2.75) is 33.6 Å². The fourth-order valence-electron chi connectivity index (χ4n) is 2.70. The van der Waals surface area contributed by atoms with Crippen LogP contribution in [-0.2, 0) is 17.6 Å². The molecule has 0 unspecified atom stereocenters. The third-order valence-corrected chi connectivity index (χ3v) is 4.85. The summed E-state index contributed by atoms with van der Waals surface area (Å²) in [6.07, 6.45) is 0.836. The Morgan fingerprint density at radius 3 is 2.73 bits per heavy atom. The number of carbonyl (C=O) groups is 1. The van der Waals surface area contributed by atoms with Crippen molar-refractivity contribution in [2.75, 3.05) is 0 Å². The van der Waals surface area contributed by atoms with Crippen LogP contribution in [0.2, 0.25) is 0 Å². The van der Waals surface area contributed by atoms with Crippen molar-refractivity contribution < 1.29 is 9.90 Å². The van der Waals surface area contributed by atoms with E-state index in [1.807, 2.05) is 9.78 Å². The Hall–Kier alpha value is -2.14. The fourth-order valence-corrected chi connectivity index (χ4v) is 3.61. The van der Waals surface area contributed by atoms with Crippen LogP contribution < -0.4 is 0 Å². The predicted octanol–water partition coefficient (Wildman–Crippen LogP) is 3.87. The van der Waals surface area contributed by atoms with E-state index in [-0.39, 0.29) is 6.42 Å². The lowest BCUT2D eigenvalue weighted by atomic mass is 10.0. The number of aryl methyl sites for hydroxylation is 3. The first-order valence-electron chi connectivity index (χ1n) is 7.28. The minimum Gasteiger partial charge on any atom is -0.481 e. The molecule has 0 fully saturated rings. The third-order valence-electron chi connectivity index (χ3n) is 3.98. The molecule has 2 heterocycles. The van der Waals surface area contributed by atoms with Gasteiger partial charge in [-0.05, 0) is 37.5 Å². The van der Waals surface area contributed by atoms with Crippen LogP contribution in [0.3, 0.4) is 0 Å². The lowest BCUT2D eigenvalue weighted by molar-refractivity contribution is -0.136. The first-order valence-corrected chi connectivity index (χ1v) is 8.16. The maximum absolute atomic E-state index is 11.0. The lowest BCUT2D eigenvalue weighted by Crippen LogP contribution is -2.04. The number of benzene rings is 1. The standard InChI is InChI=1S/C17H18N2O2S/c1-4-14-16(12-6-5-10(2)11(3)7-12)18-17-19(14)13(9-22-17)8-15(20)21/h5-7,9H,4,8H2,1-3H3,(H,20,21). The largest absolute Gasteiger partial charge is 0.481 e. The molecule has 0 aliphatic heterocycles. The van der Waals surface area contributed by atoms with E-state index in [0.29, 0.717) is 0 Å². The SMILES string of the molecule is CCc1c(-c2ccc(C)c(C)c2)nc2scc(CC(=O)O)n12. The number of aromatic nitrogens is 2. The van der Waals surface area contributed by atoms with Gasteiger partial charge >= 0.3 is 5.97 Å². The zero-order valence-corrected chi connectivity index (χ0v) is 13.7. The molecule has 5 heteroatoms. The molecule has 0 bridgehead atoms. The summed E-state index contributed by atoms with van der Waals surface area (Å²) in [6.45, 7) is 6.27. The molecule has 0 spiro atoms. The number of rotatable bonds is 4. The second kappa shape index (κ2) is 5.57. The zero-order chi connectivity index (χ0) is 15.9. The number of hydrogen-bond donors (Lipinski definition) is 1. The van der Waals surface area contributed by atoms with Gasteiger partial charge in [0.2, 0.25) is 0 Å². The second-order valence-corrected chi connectivity index (χ2v) is 6.31. The van der Waals surface area contributed by atoms with Crippen LogP contribution in [0.4, 0.5) is 0 Å². The van der Waals surface area contributed by atoms with Crippen LogP contribution in [0.1, 0.15) is 29.4 Å². The minimum absolute atomic E-state index is 0.0235. The number of fused-ring (bicyclic) bond motifs is 1. The van der Waals surface area contributed by atoms with Crippen LogP contribution in [-0.4, -0.2) is 20.5 Å². The highest BCUT2D eigenvalue weighted by Gasteiger charge is 2.18. The van der Waals surface area contributed by atoms with Crippen molar-refractivity contribution in [3.63, 3.8) is 0 Å². The van der Waals surface area contributed by atoms with Crippen molar-refractivity contribution in [1.82, 2.24) is 9.38 Å². The van der Waals surface area contributed by atoms with Gasteiger partial charge < -0.3 is 5.11 Å². The Morgan fingerprint density at radius 1 is 1.32 bits per heavy atom. The third kappa shape index (κ3) is 2.41. The fraction of sp³-hybridized carbons (Fsp3) is 0.294. The number of carboxylic acids is 1. The second-order valence-electron chi connectivity index (χ2n) is 5.48. The summed E-state index contributed by atoms with van der Waals surface area (Å²) in [5.41, 5.74) is 6.43. The van der Waals surface area contributed by atoms with Gasteiger partial charge in [0.1, 0.15) is 0 Å². The van der Waals surface area contributed by atoms with Gasteiger partial charge in [-0.25, -0.2) is 4.98 Å². The topological polar surface area (TPSA) is 54.6 Å². The smallest absolute Gasteiger partial charge is 0.309 e. The average molecular weight is 314 g/mol. The Labute approximate surface area is 133 Å². The highest BCUT2D eigenvalue weighted by Crippen LogP contribution is 2.30. The average Bonchev–Trinajstić information content (AvgIpc) is 3.01. The molecule has 0 saturated carbocycles. The highest BCUT2D eigenvalue weighted by atomic mass is 32.1. The highest BCUT2D eigenvalue weighted by molar-refractivity contribution is 7.15. The molecule has 0 aliphatic rings. The van der Waals surface area contributed by atoms with Gasteiger partial charge in [0.05, 0.1) is 17.8 Å². The molecule has 114 valence electrons. The van der Waals surface area contributed by atoms with Crippen molar-refractivity contribution >= 4 is 22.3 Å². The number of hydrogen-bond acceptors (Lipinski definition) is 3. The Bertz CT molecular complexity index is 861. The van der Waals surface area contributed by atoms with E-state index >= 15 is 0 Å². The van der Waals surface area contributed by atoms with Crippen LogP contribution >= 0.6 is 11.3 Å². The van der Waals surface area contributed by atoms with Gasteiger partial charge in [-0.15, -0.1) is 11.3 Å². The van der Waals surface area contributed by atoms with Crippen molar-refractivity contribution in [1.29, 1.82) is 0 Å². The number of nitrogens with zero attached hydrogens (tertiary/aromatic N) is 2. The van der Waals surface area contributed by atoms with Gasteiger partial charge in [0.25, 0.3) is 0 Å². The van der Waals surface area contributed by atoms with Crippen LogP contribution in [0.25, 0.3) is 16.2 Å². The molecule has 2 aromatic heterocycles. The quantitative estimate of drug-likeness (QED) is 0.795. The van der Waals surface area contributed by atoms with Crippen molar-refractivity contribution in [2.24, 2.45) is 0 Å². The molecule has 0 aliphatic carbocycles. The summed E-state index contributed by atoms with van der Waals surface area (Å²) in [5, 5.41) is 11.0.